The van der Waals surface area contributed by atoms with Crippen LogP contribution in [-0.4, -0.2) is 13.2 Å². The topological polar surface area (TPSA) is 30.5 Å². The van der Waals surface area contributed by atoms with Gasteiger partial charge in [0, 0.05) is 18.2 Å². The van der Waals surface area contributed by atoms with E-state index >= 15 is 0 Å². The predicted molar refractivity (Wildman–Crippen MR) is 120 cm³/mol. The fourth-order valence-corrected chi connectivity index (χ4v) is 3.28. The number of ether oxygens (including phenoxy) is 2. The van der Waals surface area contributed by atoms with E-state index in [2.05, 4.69) is 79.8 Å². The second-order valence-corrected chi connectivity index (χ2v) is 7.53. The Morgan fingerprint density at radius 1 is 0.862 bits per heavy atom. The third-order valence-corrected chi connectivity index (χ3v) is 5.13. The quantitative estimate of drug-likeness (QED) is 0.483. The minimum Gasteiger partial charge on any atom is -0.493 e. The molecule has 0 bridgehead atoms. The molecule has 0 radical (unpaired) electrons. The summed E-state index contributed by atoms with van der Waals surface area (Å²) in [7, 11) is 1.69. The highest BCUT2D eigenvalue weighted by atomic mass is 16.5. The third-order valence-electron chi connectivity index (χ3n) is 5.13. The molecule has 3 aromatic rings. The minimum atomic E-state index is 0.409. The molecule has 3 nitrogen and oxygen atoms in total. The van der Waals surface area contributed by atoms with Crippen molar-refractivity contribution >= 4 is 0 Å². The zero-order valence-electron chi connectivity index (χ0n) is 17.7. The fourth-order valence-electron chi connectivity index (χ4n) is 3.28. The van der Waals surface area contributed by atoms with Crippen molar-refractivity contribution in [1.29, 1.82) is 0 Å². The summed E-state index contributed by atoms with van der Waals surface area (Å²) in [5, 5.41) is 3.63. The predicted octanol–water partition coefficient (Wildman–Crippen LogP) is 5.69. The van der Waals surface area contributed by atoms with Gasteiger partial charge in [0.25, 0.3) is 0 Å². The lowest BCUT2D eigenvalue weighted by atomic mass is 10.1. The lowest BCUT2D eigenvalue weighted by Gasteiger charge is -2.18. The Bertz CT molecular complexity index is 875. The number of methoxy groups -OCH3 is 1. The molecule has 0 unspecified atom stereocenters. The van der Waals surface area contributed by atoms with E-state index in [4.69, 9.17) is 9.47 Å². The van der Waals surface area contributed by atoms with E-state index in [0.29, 0.717) is 12.6 Å². The van der Waals surface area contributed by atoms with Crippen molar-refractivity contribution in [2.45, 2.75) is 45.9 Å². The van der Waals surface area contributed by atoms with Crippen LogP contribution in [0.5, 0.6) is 11.5 Å². The number of nitrogens with one attached hydrogen (secondary N) is 1. The van der Waals surface area contributed by atoms with Gasteiger partial charge in [0.15, 0.2) is 11.5 Å². The molecule has 3 aromatic carbocycles. The number of hydrogen-bond acceptors (Lipinski definition) is 3. The normalized spacial score (nSPS) is 11.8. The summed E-state index contributed by atoms with van der Waals surface area (Å²) in [4.78, 5) is 0. The molecule has 0 aliphatic heterocycles. The molecule has 1 atom stereocenters. The summed E-state index contributed by atoms with van der Waals surface area (Å²) in [6.45, 7) is 5.59. The summed E-state index contributed by atoms with van der Waals surface area (Å²) < 4.78 is 11.7. The van der Waals surface area contributed by atoms with Crippen molar-refractivity contribution in [2.24, 2.45) is 0 Å². The largest absolute Gasteiger partial charge is 0.493 e. The van der Waals surface area contributed by atoms with Crippen LogP contribution in [-0.2, 0) is 19.6 Å². The maximum absolute atomic E-state index is 6.18. The number of hydrogen-bond donors (Lipinski definition) is 1. The first kappa shape index (κ1) is 20.9. The molecular weight excluding hydrogens is 358 g/mol. The Morgan fingerprint density at radius 2 is 1.62 bits per heavy atom. The lowest BCUT2D eigenvalue weighted by Crippen LogP contribution is -2.26. The molecule has 3 rings (SSSR count). The molecule has 0 amide bonds. The van der Waals surface area contributed by atoms with Gasteiger partial charge in [-0.05, 0) is 43.9 Å². The van der Waals surface area contributed by atoms with Crippen molar-refractivity contribution in [3.8, 4) is 11.5 Å². The molecule has 152 valence electrons. The molecule has 0 saturated heterocycles. The van der Waals surface area contributed by atoms with Crippen molar-refractivity contribution in [3.05, 3.63) is 95.1 Å². The van der Waals surface area contributed by atoms with Gasteiger partial charge in [-0.1, -0.05) is 72.3 Å². The minimum absolute atomic E-state index is 0.409. The summed E-state index contributed by atoms with van der Waals surface area (Å²) in [6, 6.07) is 25.5. The fraction of sp³-hybridized carbons (Fsp3) is 0.308. The molecule has 0 aromatic heterocycles. The number of aryl methyl sites for hydroxylation is 2. The lowest BCUT2D eigenvalue weighted by molar-refractivity contribution is 0.280. The average molecular weight is 390 g/mol. The average Bonchev–Trinajstić information content (AvgIpc) is 2.76. The number of benzene rings is 3. The van der Waals surface area contributed by atoms with E-state index in [-0.39, 0.29) is 0 Å². The summed E-state index contributed by atoms with van der Waals surface area (Å²) in [5.74, 6) is 1.59. The van der Waals surface area contributed by atoms with Crippen LogP contribution in [0.25, 0.3) is 0 Å². The van der Waals surface area contributed by atoms with Gasteiger partial charge < -0.3 is 14.8 Å². The smallest absolute Gasteiger partial charge is 0.166 e. The monoisotopic (exact) mass is 389 g/mol. The molecule has 0 fully saturated rings. The second-order valence-electron chi connectivity index (χ2n) is 7.53. The van der Waals surface area contributed by atoms with E-state index in [1.54, 1.807) is 7.11 Å². The van der Waals surface area contributed by atoms with Crippen LogP contribution in [0.2, 0.25) is 0 Å². The van der Waals surface area contributed by atoms with E-state index < -0.39 is 0 Å². The molecule has 0 spiro atoms. The zero-order chi connectivity index (χ0) is 20.5. The van der Waals surface area contributed by atoms with Crippen molar-refractivity contribution in [3.63, 3.8) is 0 Å². The highest BCUT2D eigenvalue weighted by Crippen LogP contribution is 2.32. The van der Waals surface area contributed by atoms with Crippen LogP contribution in [0.1, 0.15) is 35.6 Å². The summed E-state index contributed by atoms with van der Waals surface area (Å²) in [5.41, 5.74) is 4.89. The SMILES string of the molecule is COc1cccc(CN[C@H](C)CCc2ccccc2)c1OCc1ccc(C)cc1. The Balaban J connectivity index is 1.60. The van der Waals surface area contributed by atoms with Crippen LogP contribution < -0.4 is 14.8 Å². The maximum atomic E-state index is 6.18. The first-order valence-corrected chi connectivity index (χ1v) is 10.3. The van der Waals surface area contributed by atoms with Gasteiger partial charge >= 0.3 is 0 Å². The molecule has 0 aliphatic rings. The molecule has 0 aliphatic carbocycles. The van der Waals surface area contributed by atoms with E-state index in [1.165, 1.54) is 11.1 Å². The molecule has 0 saturated carbocycles. The first-order chi connectivity index (χ1) is 14.2. The van der Waals surface area contributed by atoms with Crippen LogP contribution in [0.15, 0.2) is 72.8 Å². The molecule has 1 N–H and O–H groups in total. The Hall–Kier alpha value is -2.78. The van der Waals surface area contributed by atoms with Crippen molar-refractivity contribution in [1.82, 2.24) is 5.32 Å². The first-order valence-electron chi connectivity index (χ1n) is 10.3. The Kier molecular flexibility index (Phi) is 7.71. The number of rotatable bonds is 10. The molecule has 29 heavy (non-hydrogen) atoms. The van der Waals surface area contributed by atoms with Crippen LogP contribution in [0, 0.1) is 6.92 Å². The standard InChI is InChI=1S/C26H31NO2/c1-20-12-15-23(16-13-20)19-29-26-24(10-7-11-25(26)28-3)18-27-21(2)14-17-22-8-5-4-6-9-22/h4-13,15-16,21,27H,14,17-19H2,1-3H3/t21-/m1/s1. The summed E-state index contributed by atoms with van der Waals surface area (Å²) >= 11 is 0. The third kappa shape index (κ3) is 6.37. The van der Waals surface area contributed by atoms with E-state index in [0.717, 1.165) is 42.0 Å². The number of para-hydroxylation sites is 1. The maximum Gasteiger partial charge on any atom is 0.166 e. The summed E-state index contributed by atoms with van der Waals surface area (Å²) in [6.07, 6.45) is 2.16. The van der Waals surface area contributed by atoms with Gasteiger partial charge in [0.1, 0.15) is 6.61 Å². The van der Waals surface area contributed by atoms with Crippen LogP contribution in [0.4, 0.5) is 0 Å². The van der Waals surface area contributed by atoms with Gasteiger partial charge in [-0.2, -0.15) is 0 Å². The molecular formula is C26H31NO2. The second kappa shape index (κ2) is 10.7. The van der Waals surface area contributed by atoms with Gasteiger partial charge in [0.2, 0.25) is 0 Å². The Labute approximate surface area is 174 Å². The highest BCUT2D eigenvalue weighted by Gasteiger charge is 2.12. The van der Waals surface area contributed by atoms with Crippen molar-refractivity contribution < 1.29 is 9.47 Å². The van der Waals surface area contributed by atoms with Gasteiger partial charge in [-0.25, -0.2) is 0 Å². The van der Waals surface area contributed by atoms with E-state index in [9.17, 15) is 0 Å². The zero-order valence-corrected chi connectivity index (χ0v) is 17.7. The molecule has 3 heteroatoms. The van der Waals surface area contributed by atoms with Gasteiger partial charge in [-0.3, -0.25) is 0 Å². The van der Waals surface area contributed by atoms with E-state index in [1.807, 2.05) is 12.1 Å². The molecule has 0 heterocycles. The van der Waals surface area contributed by atoms with Crippen LogP contribution in [0.3, 0.4) is 0 Å². The van der Waals surface area contributed by atoms with Crippen LogP contribution >= 0.6 is 0 Å². The Morgan fingerprint density at radius 3 is 2.34 bits per heavy atom. The van der Waals surface area contributed by atoms with Crippen molar-refractivity contribution in [2.75, 3.05) is 7.11 Å². The highest BCUT2D eigenvalue weighted by molar-refractivity contribution is 5.46. The van der Waals surface area contributed by atoms with Gasteiger partial charge in [-0.15, -0.1) is 0 Å². The van der Waals surface area contributed by atoms with Gasteiger partial charge in [0.05, 0.1) is 7.11 Å².